The molecule has 0 atom stereocenters. The van der Waals surface area contributed by atoms with Gasteiger partial charge in [-0.3, -0.25) is 4.79 Å². The van der Waals surface area contributed by atoms with Gasteiger partial charge in [-0.15, -0.1) is 0 Å². The molecule has 0 N–H and O–H groups in total. The van der Waals surface area contributed by atoms with Crippen molar-refractivity contribution < 1.29 is 31.5 Å². The Kier molecular flexibility index (Phi) is 3.44. The summed E-state index contributed by atoms with van der Waals surface area (Å²) in [7, 11) is 0. The molecule has 2 nitrogen and oxygen atoms in total. The summed E-state index contributed by atoms with van der Waals surface area (Å²) in [5.74, 6) is -0.666. The second kappa shape index (κ2) is 4.81. The molecule has 21 heavy (non-hydrogen) atoms. The lowest BCUT2D eigenvalue weighted by Crippen LogP contribution is -2.49. The van der Waals surface area contributed by atoms with Gasteiger partial charge >= 0.3 is 18.3 Å². The van der Waals surface area contributed by atoms with Crippen molar-refractivity contribution in [2.24, 2.45) is 29.6 Å². The van der Waals surface area contributed by atoms with Crippen molar-refractivity contribution in [1.29, 1.82) is 0 Å². The van der Waals surface area contributed by atoms with Crippen LogP contribution in [0.5, 0.6) is 0 Å². The van der Waals surface area contributed by atoms with E-state index >= 15 is 0 Å². The molecule has 0 aromatic heterocycles. The number of rotatable bonds is 3. The number of alkyl halides is 5. The Balaban J connectivity index is 1.66. The van der Waals surface area contributed by atoms with Gasteiger partial charge in [0, 0.05) is 0 Å². The van der Waals surface area contributed by atoms with Gasteiger partial charge in [-0.2, -0.15) is 22.0 Å². The fourth-order valence-corrected chi connectivity index (χ4v) is 4.79. The minimum Gasteiger partial charge on any atom is -0.400 e. The number of hydrogen-bond donors (Lipinski definition) is 0. The van der Waals surface area contributed by atoms with Gasteiger partial charge in [0.15, 0.2) is 0 Å². The molecule has 0 spiro atoms. The summed E-state index contributed by atoms with van der Waals surface area (Å²) in [5.41, 5.74) is 0. The van der Waals surface area contributed by atoms with Crippen molar-refractivity contribution in [1.82, 2.24) is 0 Å². The van der Waals surface area contributed by atoms with Crippen LogP contribution in [-0.4, -0.2) is 18.3 Å². The topological polar surface area (TPSA) is 26.3 Å². The summed E-state index contributed by atoms with van der Waals surface area (Å²) in [5, 5.41) is 0. The standard InChI is InChI=1S/C14H17F5O2/c15-13(16,17)6-14(18,19)21-12(20)11-9-2-7-1-8(4-9)5-10(11)3-7/h7-11H,1-6H2. The van der Waals surface area contributed by atoms with Crippen LogP contribution in [0.2, 0.25) is 0 Å². The first kappa shape index (κ1) is 15.0. The molecule has 0 aromatic rings. The quantitative estimate of drug-likeness (QED) is 0.578. The molecule has 0 heterocycles. The molecular weight excluding hydrogens is 295 g/mol. The summed E-state index contributed by atoms with van der Waals surface area (Å²) in [6.07, 6.45) is -7.54. The van der Waals surface area contributed by atoms with Crippen molar-refractivity contribution in [2.45, 2.75) is 50.8 Å². The van der Waals surface area contributed by atoms with Crippen molar-refractivity contribution in [2.75, 3.05) is 0 Å². The van der Waals surface area contributed by atoms with Crippen molar-refractivity contribution in [3.05, 3.63) is 0 Å². The fraction of sp³-hybridized carbons (Fsp3) is 0.929. The number of carbonyl (C=O) groups excluding carboxylic acids is 1. The first-order valence-electron chi connectivity index (χ1n) is 7.30. The molecule has 4 aliphatic carbocycles. The first-order valence-corrected chi connectivity index (χ1v) is 7.30. The van der Waals surface area contributed by atoms with Gasteiger partial charge in [-0.05, 0) is 55.8 Å². The highest BCUT2D eigenvalue weighted by atomic mass is 19.4. The Bertz CT molecular complexity index is 404. The molecule has 4 fully saturated rings. The summed E-state index contributed by atoms with van der Waals surface area (Å²) in [6, 6.07) is 0. The second-order valence-electron chi connectivity index (χ2n) is 6.81. The molecule has 4 saturated carbocycles. The minimum atomic E-state index is -5.06. The molecule has 4 aliphatic rings. The molecule has 0 amide bonds. The zero-order chi connectivity index (χ0) is 15.4. The van der Waals surface area contributed by atoms with E-state index < -0.39 is 30.6 Å². The van der Waals surface area contributed by atoms with Crippen LogP contribution in [0.25, 0.3) is 0 Å². The third-order valence-corrected chi connectivity index (χ3v) is 5.16. The lowest BCUT2D eigenvalue weighted by Gasteiger charge is -2.53. The normalized spacial score (nSPS) is 38.6. The number of hydrogen-bond acceptors (Lipinski definition) is 2. The third-order valence-electron chi connectivity index (χ3n) is 5.16. The van der Waals surface area contributed by atoms with E-state index in [-0.39, 0.29) is 11.8 Å². The van der Waals surface area contributed by atoms with Gasteiger partial charge < -0.3 is 4.74 Å². The zero-order valence-electron chi connectivity index (χ0n) is 11.3. The van der Waals surface area contributed by atoms with E-state index in [1.54, 1.807) is 0 Å². The molecule has 4 rings (SSSR count). The molecule has 0 aliphatic heterocycles. The number of carbonyl (C=O) groups is 1. The van der Waals surface area contributed by atoms with Gasteiger partial charge in [0.2, 0.25) is 0 Å². The third kappa shape index (κ3) is 3.16. The fourth-order valence-electron chi connectivity index (χ4n) is 4.79. The van der Waals surface area contributed by atoms with Crippen LogP contribution in [0, 0.1) is 29.6 Å². The van der Waals surface area contributed by atoms with Crippen molar-refractivity contribution >= 4 is 5.97 Å². The second-order valence-corrected chi connectivity index (χ2v) is 6.81. The van der Waals surface area contributed by atoms with E-state index in [1.165, 1.54) is 0 Å². The predicted molar refractivity (Wildman–Crippen MR) is 62.2 cm³/mol. The summed E-state index contributed by atoms with van der Waals surface area (Å²) in [4.78, 5) is 12.0. The maximum absolute atomic E-state index is 13.2. The Morgan fingerprint density at radius 2 is 1.38 bits per heavy atom. The lowest BCUT2D eigenvalue weighted by atomic mass is 9.52. The number of ether oxygens (including phenoxy) is 1. The highest BCUT2D eigenvalue weighted by Crippen LogP contribution is 2.57. The van der Waals surface area contributed by atoms with Gasteiger partial charge in [-0.25, -0.2) is 0 Å². The average molecular weight is 312 g/mol. The average Bonchev–Trinajstić information content (AvgIpc) is 2.21. The maximum Gasteiger partial charge on any atom is 0.408 e. The van der Waals surface area contributed by atoms with E-state index in [1.807, 2.05) is 0 Å². The Labute approximate surface area is 119 Å². The van der Waals surface area contributed by atoms with Crippen LogP contribution in [0.1, 0.15) is 38.5 Å². The lowest BCUT2D eigenvalue weighted by molar-refractivity contribution is -0.284. The highest BCUT2D eigenvalue weighted by Gasteiger charge is 2.54. The molecule has 7 heteroatoms. The SMILES string of the molecule is O=C(OC(F)(F)CC(F)(F)F)C1C2CC3CC(C2)CC1C3. The molecule has 0 unspecified atom stereocenters. The van der Waals surface area contributed by atoms with Gasteiger partial charge in [-0.1, -0.05) is 0 Å². The van der Waals surface area contributed by atoms with Crippen LogP contribution in [0.4, 0.5) is 22.0 Å². The zero-order valence-corrected chi connectivity index (χ0v) is 11.3. The van der Waals surface area contributed by atoms with Crippen LogP contribution < -0.4 is 0 Å². The summed E-state index contributed by atoms with van der Waals surface area (Å²) >= 11 is 0. The van der Waals surface area contributed by atoms with E-state index in [2.05, 4.69) is 4.74 Å². The molecule has 120 valence electrons. The summed E-state index contributed by atoms with van der Waals surface area (Å²) in [6.45, 7) is 0. The number of halogens is 5. The van der Waals surface area contributed by atoms with Crippen molar-refractivity contribution in [3.8, 4) is 0 Å². The predicted octanol–water partition coefficient (Wildman–Crippen LogP) is 4.15. The van der Waals surface area contributed by atoms with Gasteiger partial charge in [0.25, 0.3) is 0 Å². The van der Waals surface area contributed by atoms with Gasteiger partial charge in [0.05, 0.1) is 5.92 Å². The van der Waals surface area contributed by atoms with Gasteiger partial charge in [0.1, 0.15) is 6.42 Å². The Hall–Kier alpha value is -0.880. The number of esters is 1. The maximum atomic E-state index is 13.2. The van der Waals surface area contributed by atoms with E-state index in [9.17, 15) is 26.7 Å². The largest absolute Gasteiger partial charge is 0.408 e. The monoisotopic (exact) mass is 312 g/mol. The Morgan fingerprint density at radius 1 is 0.905 bits per heavy atom. The first-order chi connectivity index (χ1) is 9.63. The smallest absolute Gasteiger partial charge is 0.400 e. The Morgan fingerprint density at radius 3 is 1.81 bits per heavy atom. The van der Waals surface area contributed by atoms with Crippen LogP contribution in [-0.2, 0) is 9.53 Å². The molecule has 0 aromatic carbocycles. The molecule has 4 bridgehead atoms. The summed E-state index contributed by atoms with van der Waals surface area (Å²) < 4.78 is 66.6. The van der Waals surface area contributed by atoms with Crippen molar-refractivity contribution in [3.63, 3.8) is 0 Å². The van der Waals surface area contributed by atoms with Crippen LogP contribution in [0.3, 0.4) is 0 Å². The minimum absolute atomic E-state index is 0.00966. The molecular formula is C14H17F5O2. The van der Waals surface area contributed by atoms with E-state index in [0.717, 1.165) is 32.1 Å². The van der Waals surface area contributed by atoms with Crippen LogP contribution in [0.15, 0.2) is 0 Å². The molecule has 0 saturated heterocycles. The van der Waals surface area contributed by atoms with E-state index in [4.69, 9.17) is 0 Å². The highest BCUT2D eigenvalue weighted by molar-refractivity contribution is 5.74. The van der Waals surface area contributed by atoms with E-state index in [0.29, 0.717) is 11.8 Å². The molecule has 0 radical (unpaired) electrons. The van der Waals surface area contributed by atoms with Crippen LogP contribution >= 0.6 is 0 Å².